The van der Waals surface area contributed by atoms with Crippen molar-refractivity contribution in [2.24, 2.45) is 0 Å². The molecule has 2 aromatic rings. The third-order valence-corrected chi connectivity index (χ3v) is 2.57. The lowest BCUT2D eigenvalue weighted by Crippen LogP contribution is -2.23. The van der Waals surface area contributed by atoms with Gasteiger partial charge >= 0.3 is 12.1 Å². The van der Waals surface area contributed by atoms with E-state index in [1.54, 1.807) is 30.6 Å². The molecule has 0 aliphatic rings. The van der Waals surface area contributed by atoms with E-state index in [9.17, 15) is 9.59 Å². The van der Waals surface area contributed by atoms with Crippen molar-refractivity contribution in [3.63, 3.8) is 0 Å². The summed E-state index contributed by atoms with van der Waals surface area (Å²) in [7, 11) is 0. The summed E-state index contributed by atoms with van der Waals surface area (Å²) in [5, 5.41) is 11.3. The van der Waals surface area contributed by atoms with Crippen LogP contribution < -0.4 is 5.32 Å². The molecule has 0 saturated heterocycles. The van der Waals surface area contributed by atoms with Crippen molar-refractivity contribution in [2.45, 2.75) is 13.2 Å². The SMILES string of the molecule is O=C(NCc1ccnc(C(=O)O)c1)OCc1cccnc1. The van der Waals surface area contributed by atoms with E-state index in [1.165, 1.54) is 12.3 Å². The minimum Gasteiger partial charge on any atom is -0.477 e. The van der Waals surface area contributed by atoms with Crippen LogP contribution in [0.15, 0.2) is 42.9 Å². The van der Waals surface area contributed by atoms with Crippen molar-refractivity contribution in [3.8, 4) is 0 Å². The second kappa shape index (κ2) is 6.99. The average Bonchev–Trinajstić information content (AvgIpc) is 2.52. The third-order valence-electron chi connectivity index (χ3n) is 2.57. The maximum atomic E-state index is 11.5. The molecule has 0 aliphatic heterocycles. The maximum Gasteiger partial charge on any atom is 0.407 e. The fourth-order valence-corrected chi connectivity index (χ4v) is 1.56. The quantitative estimate of drug-likeness (QED) is 0.866. The van der Waals surface area contributed by atoms with Crippen LogP contribution in [0.4, 0.5) is 4.79 Å². The summed E-state index contributed by atoms with van der Waals surface area (Å²) in [6, 6.07) is 6.56. The topological polar surface area (TPSA) is 101 Å². The Morgan fingerprint density at radius 1 is 1.24 bits per heavy atom. The van der Waals surface area contributed by atoms with Gasteiger partial charge in [-0.25, -0.2) is 14.6 Å². The Kier molecular flexibility index (Phi) is 4.81. The molecule has 0 aromatic carbocycles. The highest BCUT2D eigenvalue weighted by atomic mass is 16.5. The summed E-state index contributed by atoms with van der Waals surface area (Å²) in [5.41, 5.74) is 1.34. The van der Waals surface area contributed by atoms with Crippen LogP contribution in [0.3, 0.4) is 0 Å². The number of aromatic nitrogens is 2. The number of amides is 1. The minimum absolute atomic E-state index is 0.0713. The van der Waals surface area contributed by atoms with E-state index in [2.05, 4.69) is 15.3 Å². The molecule has 1 amide bonds. The molecular weight excluding hydrogens is 274 g/mol. The van der Waals surface area contributed by atoms with E-state index in [-0.39, 0.29) is 18.8 Å². The number of nitrogens with zero attached hydrogens (tertiary/aromatic N) is 2. The monoisotopic (exact) mass is 287 g/mol. The van der Waals surface area contributed by atoms with Crippen LogP contribution in [0.2, 0.25) is 0 Å². The minimum atomic E-state index is -1.11. The highest BCUT2D eigenvalue weighted by Gasteiger charge is 2.07. The van der Waals surface area contributed by atoms with E-state index in [0.717, 1.165) is 5.56 Å². The largest absolute Gasteiger partial charge is 0.477 e. The summed E-state index contributed by atoms with van der Waals surface area (Å²) in [5.74, 6) is -1.11. The van der Waals surface area contributed by atoms with Crippen LogP contribution in [0.5, 0.6) is 0 Å². The fourth-order valence-electron chi connectivity index (χ4n) is 1.56. The molecule has 2 aromatic heterocycles. The number of carboxylic acids is 1. The van der Waals surface area contributed by atoms with Gasteiger partial charge in [-0.1, -0.05) is 6.07 Å². The van der Waals surface area contributed by atoms with Gasteiger partial charge in [0.2, 0.25) is 0 Å². The first kappa shape index (κ1) is 14.4. The number of carboxylic acid groups (broad SMARTS) is 1. The molecule has 0 radical (unpaired) electrons. The van der Waals surface area contributed by atoms with Gasteiger partial charge in [0.15, 0.2) is 0 Å². The summed E-state index contributed by atoms with van der Waals surface area (Å²) >= 11 is 0. The molecule has 0 atom stereocenters. The molecule has 7 heteroatoms. The molecule has 0 saturated carbocycles. The summed E-state index contributed by atoms with van der Waals surface area (Å²) in [6.07, 6.45) is 4.02. The van der Waals surface area contributed by atoms with Crippen molar-refractivity contribution >= 4 is 12.1 Å². The Hall–Kier alpha value is -2.96. The number of rotatable bonds is 5. The summed E-state index contributed by atoms with van der Waals surface area (Å²) < 4.78 is 5.01. The van der Waals surface area contributed by atoms with Gasteiger partial charge in [0.05, 0.1) is 0 Å². The van der Waals surface area contributed by atoms with Crippen molar-refractivity contribution in [1.82, 2.24) is 15.3 Å². The molecule has 0 aliphatic carbocycles. The zero-order valence-corrected chi connectivity index (χ0v) is 11.0. The molecule has 21 heavy (non-hydrogen) atoms. The number of alkyl carbamates (subject to hydrolysis) is 1. The van der Waals surface area contributed by atoms with Crippen LogP contribution in [0.25, 0.3) is 0 Å². The number of carbonyl (C=O) groups excluding carboxylic acids is 1. The summed E-state index contributed by atoms with van der Waals surface area (Å²) in [4.78, 5) is 29.9. The van der Waals surface area contributed by atoms with Crippen LogP contribution in [0, 0.1) is 0 Å². The second-order valence-corrected chi connectivity index (χ2v) is 4.15. The Balaban J connectivity index is 1.81. The molecular formula is C14H13N3O4. The lowest BCUT2D eigenvalue weighted by atomic mass is 10.2. The third kappa shape index (κ3) is 4.57. The first-order valence-electron chi connectivity index (χ1n) is 6.13. The number of hydrogen-bond donors (Lipinski definition) is 2. The zero-order chi connectivity index (χ0) is 15.1. The molecule has 0 fully saturated rings. The molecule has 2 heterocycles. The van der Waals surface area contributed by atoms with Gasteiger partial charge in [-0.2, -0.15) is 0 Å². The predicted octanol–water partition coefficient (Wildman–Crippen LogP) is 1.60. The number of ether oxygens (including phenoxy) is 1. The number of nitrogens with one attached hydrogen (secondary N) is 1. The van der Waals surface area contributed by atoms with Crippen LogP contribution in [-0.2, 0) is 17.9 Å². The smallest absolute Gasteiger partial charge is 0.407 e. The number of carbonyl (C=O) groups is 2. The molecule has 2 N–H and O–H groups in total. The van der Waals surface area contributed by atoms with Gasteiger partial charge in [-0.3, -0.25) is 4.98 Å². The first-order chi connectivity index (χ1) is 10.1. The lowest BCUT2D eigenvalue weighted by Gasteiger charge is -2.07. The van der Waals surface area contributed by atoms with Crippen LogP contribution in [-0.4, -0.2) is 27.1 Å². The average molecular weight is 287 g/mol. The Morgan fingerprint density at radius 2 is 2.10 bits per heavy atom. The van der Waals surface area contributed by atoms with Crippen LogP contribution in [0.1, 0.15) is 21.6 Å². The normalized spacial score (nSPS) is 9.90. The highest BCUT2D eigenvalue weighted by Crippen LogP contribution is 2.02. The summed E-state index contributed by atoms with van der Waals surface area (Å²) in [6.45, 7) is 0.283. The number of aromatic carboxylic acids is 1. The lowest BCUT2D eigenvalue weighted by molar-refractivity contribution is 0.0690. The van der Waals surface area contributed by atoms with Gasteiger partial charge in [0, 0.05) is 30.7 Å². The Morgan fingerprint density at radius 3 is 2.81 bits per heavy atom. The van der Waals surface area contributed by atoms with Gasteiger partial charge < -0.3 is 15.2 Å². The van der Waals surface area contributed by atoms with E-state index in [4.69, 9.17) is 9.84 Å². The molecule has 7 nitrogen and oxygen atoms in total. The Labute approximate surface area is 120 Å². The van der Waals surface area contributed by atoms with Crippen molar-refractivity contribution in [3.05, 3.63) is 59.7 Å². The molecule has 0 unspecified atom stereocenters. The van der Waals surface area contributed by atoms with Gasteiger partial charge in [-0.15, -0.1) is 0 Å². The second-order valence-electron chi connectivity index (χ2n) is 4.15. The highest BCUT2D eigenvalue weighted by molar-refractivity contribution is 5.85. The molecule has 0 spiro atoms. The molecule has 0 bridgehead atoms. The molecule has 2 rings (SSSR count). The fraction of sp³-hybridized carbons (Fsp3) is 0.143. The van der Waals surface area contributed by atoms with Gasteiger partial charge in [-0.05, 0) is 23.8 Å². The van der Waals surface area contributed by atoms with Crippen LogP contribution >= 0.6 is 0 Å². The van der Waals surface area contributed by atoms with Gasteiger partial charge in [0.1, 0.15) is 12.3 Å². The van der Waals surface area contributed by atoms with E-state index in [0.29, 0.717) is 5.56 Å². The van der Waals surface area contributed by atoms with Crippen molar-refractivity contribution < 1.29 is 19.4 Å². The number of pyridine rings is 2. The zero-order valence-electron chi connectivity index (χ0n) is 11.0. The standard InChI is InChI=1S/C14H13N3O4/c18-13(19)12-6-10(3-5-16-12)8-17-14(20)21-9-11-2-1-4-15-7-11/h1-7H,8-9H2,(H,17,20)(H,18,19). The van der Waals surface area contributed by atoms with Crippen molar-refractivity contribution in [1.29, 1.82) is 0 Å². The van der Waals surface area contributed by atoms with E-state index >= 15 is 0 Å². The van der Waals surface area contributed by atoms with E-state index in [1.807, 2.05) is 0 Å². The molecule has 108 valence electrons. The van der Waals surface area contributed by atoms with E-state index < -0.39 is 12.1 Å². The maximum absolute atomic E-state index is 11.5. The number of hydrogen-bond acceptors (Lipinski definition) is 5. The van der Waals surface area contributed by atoms with Crippen molar-refractivity contribution in [2.75, 3.05) is 0 Å². The van der Waals surface area contributed by atoms with Gasteiger partial charge in [0.25, 0.3) is 0 Å². The first-order valence-corrected chi connectivity index (χ1v) is 6.13. The Bertz CT molecular complexity index is 631. The predicted molar refractivity (Wildman–Crippen MR) is 72.5 cm³/mol.